The van der Waals surface area contributed by atoms with Gasteiger partial charge in [-0.1, -0.05) is 6.07 Å². The standard InChI is InChI=1S/C20H18N4O3S2/c1-11-6-12(2)23-18(26)13(11)7-21-16(25)8-24-10-22-19-17(20(24)27)14(9-29-19)15-4-3-5-28-15/h3-6,9-10H,7-8H2,1-2H3,(H,21,25)(H,23,26). The molecule has 0 unspecified atom stereocenters. The van der Waals surface area contributed by atoms with Gasteiger partial charge in [-0.05, 0) is 36.9 Å². The maximum absolute atomic E-state index is 13.0. The van der Waals surface area contributed by atoms with Crippen LogP contribution in [0.2, 0.25) is 0 Å². The van der Waals surface area contributed by atoms with Crippen LogP contribution in [-0.2, 0) is 17.9 Å². The largest absolute Gasteiger partial charge is 0.350 e. The lowest BCUT2D eigenvalue weighted by molar-refractivity contribution is -0.121. The first-order valence-electron chi connectivity index (χ1n) is 8.90. The average molecular weight is 427 g/mol. The number of pyridine rings is 1. The van der Waals surface area contributed by atoms with E-state index < -0.39 is 0 Å². The number of carbonyl (C=O) groups excluding carboxylic acids is 1. The van der Waals surface area contributed by atoms with Crippen LogP contribution in [-0.4, -0.2) is 20.4 Å². The highest BCUT2D eigenvalue weighted by Crippen LogP contribution is 2.33. The molecular formula is C20H18N4O3S2. The lowest BCUT2D eigenvalue weighted by Crippen LogP contribution is -2.33. The van der Waals surface area contributed by atoms with Gasteiger partial charge in [-0.2, -0.15) is 0 Å². The van der Waals surface area contributed by atoms with Gasteiger partial charge in [0.2, 0.25) is 5.91 Å². The molecule has 2 N–H and O–H groups in total. The van der Waals surface area contributed by atoms with Gasteiger partial charge in [0.05, 0.1) is 11.7 Å². The number of rotatable bonds is 5. The van der Waals surface area contributed by atoms with Crippen molar-refractivity contribution in [1.82, 2.24) is 19.9 Å². The van der Waals surface area contributed by atoms with Crippen molar-refractivity contribution in [2.45, 2.75) is 26.9 Å². The van der Waals surface area contributed by atoms with Crippen molar-refractivity contribution < 1.29 is 4.79 Å². The molecule has 4 rings (SSSR count). The first-order valence-corrected chi connectivity index (χ1v) is 10.7. The summed E-state index contributed by atoms with van der Waals surface area (Å²) in [6.45, 7) is 3.57. The third-order valence-corrected chi connectivity index (χ3v) is 6.41. The van der Waals surface area contributed by atoms with E-state index in [0.717, 1.165) is 21.7 Å². The maximum atomic E-state index is 13.0. The Balaban J connectivity index is 1.56. The number of aromatic amines is 1. The van der Waals surface area contributed by atoms with E-state index in [-0.39, 0.29) is 30.1 Å². The fourth-order valence-electron chi connectivity index (χ4n) is 3.19. The Morgan fingerprint density at radius 1 is 1.28 bits per heavy atom. The minimum absolute atomic E-state index is 0.101. The van der Waals surface area contributed by atoms with Crippen LogP contribution < -0.4 is 16.4 Å². The Bertz CT molecular complexity index is 1320. The van der Waals surface area contributed by atoms with Gasteiger partial charge in [-0.25, -0.2) is 4.98 Å². The second kappa shape index (κ2) is 7.76. The van der Waals surface area contributed by atoms with Crippen LogP contribution in [0, 0.1) is 13.8 Å². The smallest absolute Gasteiger partial charge is 0.263 e. The van der Waals surface area contributed by atoms with Crippen molar-refractivity contribution in [1.29, 1.82) is 0 Å². The number of carbonyl (C=O) groups is 1. The summed E-state index contributed by atoms with van der Waals surface area (Å²) in [5, 5.41) is 7.12. The Kier molecular flexibility index (Phi) is 5.16. The quantitative estimate of drug-likeness (QED) is 0.513. The van der Waals surface area contributed by atoms with Gasteiger partial charge in [-0.3, -0.25) is 19.0 Å². The monoisotopic (exact) mass is 426 g/mol. The molecule has 0 spiro atoms. The number of amides is 1. The van der Waals surface area contributed by atoms with Gasteiger partial charge in [0, 0.05) is 33.6 Å². The van der Waals surface area contributed by atoms with Gasteiger partial charge < -0.3 is 10.3 Å². The predicted molar refractivity (Wildman–Crippen MR) is 116 cm³/mol. The first kappa shape index (κ1) is 19.3. The molecule has 0 fully saturated rings. The number of aromatic nitrogens is 3. The van der Waals surface area contributed by atoms with E-state index in [2.05, 4.69) is 15.3 Å². The fourth-order valence-corrected chi connectivity index (χ4v) is 4.91. The van der Waals surface area contributed by atoms with E-state index in [0.29, 0.717) is 15.8 Å². The van der Waals surface area contributed by atoms with E-state index in [1.807, 2.05) is 35.9 Å². The molecule has 4 heterocycles. The summed E-state index contributed by atoms with van der Waals surface area (Å²) in [7, 11) is 0. The maximum Gasteiger partial charge on any atom is 0.263 e. The van der Waals surface area contributed by atoms with Crippen molar-refractivity contribution in [3.63, 3.8) is 0 Å². The van der Waals surface area contributed by atoms with E-state index in [1.54, 1.807) is 18.3 Å². The zero-order valence-corrected chi connectivity index (χ0v) is 17.4. The molecule has 0 aliphatic heterocycles. The van der Waals surface area contributed by atoms with Gasteiger partial charge in [-0.15, -0.1) is 22.7 Å². The molecule has 0 aliphatic rings. The summed E-state index contributed by atoms with van der Waals surface area (Å²) in [5.41, 5.74) is 2.45. The second-order valence-electron chi connectivity index (χ2n) is 6.70. The van der Waals surface area contributed by atoms with E-state index in [9.17, 15) is 14.4 Å². The second-order valence-corrected chi connectivity index (χ2v) is 8.51. The summed E-state index contributed by atoms with van der Waals surface area (Å²) in [6, 6.07) is 5.74. The molecule has 7 nitrogen and oxygen atoms in total. The summed E-state index contributed by atoms with van der Waals surface area (Å²) >= 11 is 2.96. The van der Waals surface area contributed by atoms with Crippen LogP contribution in [0.1, 0.15) is 16.8 Å². The molecule has 0 saturated heterocycles. The molecule has 0 aliphatic carbocycles. The van der Waals surface area contributed by atoms with Crippen LogP contribution in [0.4, 0.5) is 0 Å². The minimum atomic E-state index is -0.361. The van der Waals surface area contributed by atoms with Crippen molar-refractivity contribution in [3.05, 3.63) is 72.8 Å². The fraction of sp³-hybridized carbons (Fsp3) is 0.200. The van der Waals surface area contributed by atoms with Crippen LogP contribution >= 0.6 is 22.7 Å². The Labute approximate surface area is 173 Å². The summed E-state index contributed by atoms with van der Waals surface area (Å²) in [6.07, 6.45) is 1.39. The van der Waals surface area contributed by atoms with Gasteiger partial charge in [0.1, 0.15) is 11.4 Å². The third-order valence-electron chi connectivity index (χ3n) is 4.62. The molecule has 148 valence electrons. The molecule has 9 heteroatoms. The van der Waals surface area contributed by atoms with E-state index >= 15 is 0 Å². The van der Waals surface area contributed by atoms with Gasteiger partial charge in [0.25, 0.3) is 11.1 Å². The third kappa shape index (κ3) is 3.79. The Morgan fingerprint density at radius 2 is 2.10 bits per heavy atom. The molecule has 29 heavy (non-hydrogen) atoms. The molecule has 0 bridgehead atoms. The predicted octanol–water partition coefficient (Wildman–Crippen LogP) is 2.81. The normalized spacial score (nSPS) is 11.1. The van der Waals surface area contributed by atoms with Crippen LogP contribution in [0.25, 0.3) is 20.7 Å². The zero-order chi connectivity index (χ0) is 20.5. The number of fused-ring (bicyclic) bond motifs is 1. The van der Waals surface area contributed by atoms with Crippen molar-refractivity contribution in [2.75, 3.05) is 0 Å². The van der Waals surface area contributed by atoms with Crippen LogP contribution in [0.15, 0.2) is 44.9 Å². The number of nitrogens with zero attached hydrogens (tertiary/aromatic N) is 2. The van der Waals surface area contributed by atoms with E-state index in [4.69, 9.17) is 0 Å². The number of nitrogens with one attached hydrogen (secondary N) is 2. The summed E-state index contributed by atoms with van der Waals surface area (Å²) in [5.74, 6) is -0.361. The highest BCUT2D eigenvalue weighted by atomic mass is 32.1. The lowest BCUT2D eigenvalue weighted by Gasteiger charge is -2.09. The van der Waals surface area contributed by atoms with Crippen molar-refractivity contribution in [3.8, 4) is 10.4 Å². The molecule has 1 amide bonds. The molecule has 0 saturated carbocycles. The number of thiophene rings is 2. The SMILES string of the molecule is Cc1cc(C)c(CNC(=O)Cn2cnc3scc(-c4cccs4)c3c2=O)c(=O)[nH]1. The van der Waals surface area contributed by atoms with Gasteiger partial charge >= 0.3 is 0 Å². The highest BCUT2D eigenvalue weighted by Gasteiger charge is 2.15. The molecule has 0 atom stereocenters. The van der Waals surface area contributed by atoms with E-state index in [1.165, 1.54) is 22.2 Å². The molecule has 0 radical (unpaired) electrons. The van der Waals surface area contributed by atoms with Gasteiger partial charge in [0.15, 0.2) is 0 Å². The Hall–Kier alpha value is -3.04. The minimum Gasteiger partial charge on any atom is -0.350 e. The molecular weight excluding hydrogens is 408 g/mol. The first-order chi connectivity index (χ1) is 13.9. The highest BCUT2D eigenvalue weighted by molar-refractivity contribution is 7.18. The van der Waals surface area contributed by atoms with Crippen molar-refractivity contribution in [2.24, 2.45) is 0 Å². The molecule has 4 aromatic heterocycles. The Morgan fingerprint density at radius 3 is 2.83 bits per heavy atom. The lowest BCUT2D eigenvalue weighted by atomic mass is 10.1. The summed E-state index contributed by atoms with van der Waals surface area (Å²) in [4.78, 5) is 46.2. The number of hydrogen-bond donors (Lipinski definition) is 2. The van der Waals surface area contributed by atoms with Crippen LogP contribution in [0.3, 0.4) is 0 Å². The average Bonchev–Trinajstić information content (AvgIpc) is 3.32. The topological polar surface area (TPSA) is 96.8 Å². The number of H-pyrrole nitrogens is 1. The number of aryl methyl sites for hydroxylation is 2. The molecule has 0 aromatic carbocycles. The van der Waals surface area contributed by atoms with Crippen molar-refractivity contribution >= 4 is 38.8 Å². The zero-order valence-electron chi connectivity index (χ0n) is 15.8. The number of hydrogen-bond acceptors (Lipinski definition) is 6. The van der Waals surface area contributed by atoms with Crippen LogP contribution in [0.5, 0.6) is 0 Å². The molecule has 4 aromatic rings. The summed E-state index contributed by atoms with van der Waals surface area (Å²) < 4.78 is 1.30.